The zero-order valence-electron chi connectivity index (χ0n) is 14.4. The molecule has 4 rings (SSSR count). The summed E-state index contributed by atoms with van der Waals surface area (Å²) in [6.45, 7) is 9.27. The van der Waals surface area contributed by atoms with Crippen molar-refractivity contribution in [1.82, 2.24) is 14.7 Å². The minimum Gasteiger partial charge on any atom is -0.465 e. The molecule has 1 amide bonds. The SMILES string of the molecule is Cc1ccc(CN2CC[C@H]3[C@H]2CC(=O)N3CCN2CCOCC2)o1. The number of rotatable bonds is 5. The molecule has 0 radical (unpaired) electrons. The van der Waals surface area contributed by atoms with Crippen molar-refractivity contribution < 1.29 is 13.9 Å². The van der Waals surface area contributed by atoms with Crippen LogP contribution in [0.4, 0.5) is 0 Å². The molecule has 6 nitrogen and oxygen atoms in total. The summed E-state index contributed by atoms with van der Waals surface area (Å²) in [6.07, 6.45) is 1.74. The Balaban J connectivity index is 1.34. The number of fused-ring (bicyclic) bond motifs is 1. The predicted molar refractivity (Wildman–Crippen MR) is 89.6 cm³/mol. The van der Waals surface area contributed by atoms with Gasteiger partial charge in [-0.05, 0) is 25.5 Å². The fraction of sp³-hybridized carbons (Fsp3) is 0.722. The number of furan rings is 1. The van der Waals surface area contributed by atoms with E-state index in [-0.39, 0.29) is 0 Å². The van der Waals surface area contributed by atoms with Crippen LogP contribution in [0.1, 0.15) is 24.4 Å². The van der Waals surface area contributed by atoms with Crippen LogP contribution in [-0.2, 0) is 16.1 Å². The molecule has 3 fully saturated rings. The van der Waals surface area contributed by atoms with Gasteiger partial charge in [-0.2, -0.15) is 0 Å². The summed E-state index contributed by atoms with van der Waals surface area (Å²) in [4.78, 5) is 19.5. The number of likely N-dealkylation sites (tertiary alicyclic amines) is 2. The van der Waals surface area contributed by atoms with Crippen LogP contribution in [0.25, 0.3) is 0 Å². The van der Waals surface area contributed by atoms with Gasteiger partial charge in [0.05, 0.1) is 19.8 Å². The van der Waals surface area contributed by atoms with E-state index in [1.54, 1.807) is 0 Å². The summed E-state index contributed by atoms with van der Waals surface area (Å²) in [5.74, 6) is 2.28. The van der Waals surface area contributed by atoms with Crippen molar-refractivity contribution in [2.75, 3.05) is 45.9 Å². The lowest BCUT2D eigenvalue weighted by atomic mass is 10.1. The van der Waals surface area contributed by atoms with E-state index in [4.69, 9.17) is 9.15 Å². The number of amides is 1. The first-order valence-corrected chi connectivity index (χ1v) is 9.09. The van der Waals surface area contributed by atoms with Gasteiger partial charge in [0.2, 0.25) is 5.91 Å². The van der Waals surface area contributed by atoms with E-state index in [1.807, 2.05) is 13.0 Å². The third-order valence-corrected chi connectivity index (χ3v) is 5.65. The van der Waals surface area contributed by atoms with Gasteiger partial charge in [0.25, 0.3) is 0 Å². The zero-order chi connectivity index (χ0) is 16.5. The molecule has 3 saturated heterocycles. The molecule has 6 heteroatoms. The van der Waals surface area contributed by atoms with Crippen LogP contribution in [-0.4, -0.2) is 78.6 Å². The lowest BCUT2D eigenvalue weighted by Crippen LogP contribution is -2.44. The molecule has 0 N–H and O–H groups in total. The summed E-state index contributed by atoms with van der Waals surface area (Å²) >= 11 is 0. The Morgan fingerprint density at radius 3 is 2.71 bits per heavy atom. The van der Waals surface area contributed by atoms with Gasteiger partial charge in [0.15, 0.2) is 0 Å². The molecule has 0 unspecified atom stereocenters. The summed E-state index contributed by atoms with van der Waals surface area (Å²) < 4.78 is 11.1. The largest absolute Gasteiger partial charge is 0.465 e. The Kier molecular flexibility index (Phi) is 4.61. The minimum absolute atomic E-state index is 0.318. The lowest BCUT2D eigenvalue weighted by Gasteiger charge is -2.30. The first-order valence-electron chi connectivity index (χ1n) is 9.09. The molecule has 24 heavy (non-hydrogen) atoms. The van der Waals surface area contributed by atoms with Crippen LogP contribution in [0.3, 0.4) is 0 Å². The average molecular weight is 333 g/mol. The van der Waals surface area contributed by atoms with Crippen molar-refractivity contribution in [1.29, 1.82) is 0 Å². The molecule has 0 aromatic carbocycles. The third kappa shape index (κ3) is 3.23. The Morgan fingerprint density at radius 2 is 1.96 bits per heavy atom. The number of nitrogens with zero attached hydrogens (tertiary/aromatic N) is 3. The van der Waals surface area contributed by atoms with Crippen molar-refractivity contribution in [3.63, 3.8) is 0 Å². The molecule has 3 aliphatic rings. The number of carbonyl (C=O) groups is 1. The summed E-state index contributed by atoms with van der Waals surface area (Å²) in [6, 6.07) is 4.80. The Hall–Kier alpha value is -1.37. The maximum atomic E-state index is 12.5. The molecule has 0 bridgehead atoms. The fourth-order valence-electron chi connectivity index (χ4n) is 4.34. The monoisotopic (exact) mass is 333 g/mol. The van der Waals surface area contributed by atoms with Gasteiger partial charge in [-0.3, -0.25) is 14.6 Å². The molecule has 1 aromatic heterocycles. The fourth-order valence-corrected chi connectivity index (χ4v) is 4.34. The smallest absolute Gasteiger partial charge is 0.224 e. The van der Waals surface area contributed by atoms with Gasteiger partial charge in [0.1, 0.15) is 11.5 Å². The van der Waals surface area contributed by atoms with E-state index < -0.39 is 0 Å². The van der Waals surface area contributed by atoms with E-state index in [1.165, 1.54) is 0 Å². The maximum Gasteiger partial charge on any atom is 0.224 e. The summed E-state index contributed by atoms with van der Waals surface area (Å²) in [5, 5.41) is 0. The van der Waals surface area contributed by atoms with Crippen molar-refractivity contribution in [2.24, 2.45) is 0 Å². The Bertz CT molecular complexity index is 582. The quantitative estimate of drug-likeness (QED) is 0.807. The number of morpholine rings is 1. The van der Waals surface area contributed by atoms with E-state index in [0.717, 1.165) is 70.4 Å². The molecule has 0 aliphatic carbocycles. The highest BCUT2D eigenvalue weighted by Gasteiger charge is 2.46. The number of aryl methyl sites for hydroxylation is 1. The molecule has 4 heterocycles. The maximum absolute atomic E-state index is 12.5. The molecule has 0 spiro atoms. The first kappa shape index (κ1) is 16.1. The van der Waals surface area contributed by atoms with Crippen LogP contribution in [0, 0.1) is 6.92 Å². The Labute approximate surface area is 143 Å². The van der Waals surface area contributed by atoms with Crippen molar-refractivity contribution in [3.8, 4) is 0 Å². The van der Waals surface area contributed by atoms with Crippen molar-refractivity contribution in [2.45, 2.75) is 38.4 Å². The van der Waals surface area contributed by atoms with Crippen molar-refractivity contribution in [3.05, 3.63) is 23.7 Å². The predicted octanol–water partition coefficient (Wildman–Crippen LogP) is 1.10. The first-order chi connectivity index (χ1) is 11.7. The van der Waals surface area contributed by atoms with E-state index in [9.17, 15) is 4.79 Å². The highest BCUT2D eigenvalue weighted by molar-refractivity contribution is 5.80. The van der Waals surface area contributed by atoms with Crippen LogP contribution in [0.15, 0.2) is 16.5 Å². The molecular weight excluding hydrogens is 306 g/mol. The van der Waals surface area contributed by atoms with Gasteiger partial charge < -0.3 is 14.1 Å². The second-order valence-corrected chi connectivity index (χ2v) is 7.15. The average Bonchev–Trinajstić information content (AvgIpc) is 3.24. The van der Waals surface area contributed by atoms with Crippen LogP contribution in [0.5, 0.6) is 0 Å². The second-order valence-electron chi connectivity index (χ2n) is 7.15. The molecule has 2 atom stereocenters. The van der Waals surface area contributed by atoms with Crippen LogP contribution < -0.4 is 0 Å². The minimum atomic E-state index is 0.318. The molecule has 3 aliphatic heterocycles. The Morgan fingerprint density at radius 1 is 1.12 bits per heavy atom. The van der Waals surface area contributed by atoms with E-state index >= 15 is 0 Å². The van der Waals surface area contributed by atoms with Crippen LogP contribution in [0.2, 0.25) is 0 Å². The third-order valence-electron chi connectivity index (χ3n) is 5.65. The van der Waals surface area contributed by atoms with E-state index in [2.05, 4.69) is 20.8 Å². The molecule has 1 aromatic rings. The second kappa shape index (κ2) is 6.86. The van der Waals surface area contributed by atoms with Gasteiger partial charge in [-0.15, -0.1) is 0 Å². The zero-order valence-corrected chi connectivity index (χ0v) is 14.4. The van der Waals surface area contributed by atoms with Crippen molar-refractivity contribution >= 4 is 5.91 Å². The lowest BCUT2D eigenvalue weighted by molar-refractivity contribution is -0.129. The normalized spacial score (nSPS) is 28.7. The van der Waals surface area contributed by atoms with Gasteiger partial charge in [-0.1, -0.05) is 0 Å². The highest BCUT2D eigenvalue weighted by Crippen LogP contribution is 2.33. The number of ether oxygens (including phenoxy) is 1. The number of carbonyl (C=O) groups excluding carboxylic acids is 1. The van der Waals surface area contributed by atoms with Crippen LogP contribution >= 0.6 is 0 Å². The molecule has 132 valence electrons. The number of hydrogen-bond donors (Lipinski definition) is 0. The molecular formula is C18H27N3O3. The van der Waals surface area contributed by atoms with Gasteiger partial charge >= 0.3 is 0 Å². The van der Waals surface area contributed by atoms with Gasteiger partial charge in [-0.25, -0.2) is 0 Å². The number of hydrogen-bond acceptors (Lipinski definition) is 5. The topological polar surface area (TPSA) is 49.2 Å². The standard InChI is InChI=1S/C18H27N3O3/c1-14-2-3-15(24-14)13-20-5-4-16-17(20)12-18(22)21(16)7-6-19-8-10-23-11-9-19/h2-3,16-17H,4-13H2,1H3/t16-,17+/m0/s1. The summed E-state index contributed by atoms with van der Waals surface area (Å²) in [7, 11) is 0. The summed E-state index contributed by atoms with van der Waals surface area (Å²) in [5.41, 5.74) is 0. The van der Waals surface area contributed by atoms with Gasteiger partial charge in [0, 0.05) is 51.2 Å². The highest BCUT2D eigenvalue weighted by atomic mass is 16.5. The molecule has 0 saturated carbocycles. The van der Waals surface area contributed by atoms with E-state index in [0.29, 0.717) is 24.4 Å².